The van der Waals surface area contributed by atoms with Crippen LogP contribution in [0, 0.1) is 5.92 Å². The van der Waals surface area contributed by atoms with Crippen LogP contribution in [0.25, 0.3) is 0 Å². The van der Waals surface area contributed by atoms with E-state index in [2.05, 4.69) is 42.6 Å². The summed E-state index contributed by atoms with van der Waals surface area (Å²) in [5, 5.41) is 3.37. The van der Waals surface area contributed by atoms with Gasteiger partial charge in [-0.1, -0.05) is 56.5 Å². The van der Waals surface area contributed by atoms with Gasteiger partial charge in [0.2, 0.25) is 0 Å². The SMILES string of the molecule is CCC1CCCCC1OCC(NC)c1ccccc1. The maximum atomic E-state index is 6.23. The Morgan fingerprint density at radius 2 is 1.95 bits per heavy atom. The first-order valence-corrected chi connectivity index (χ1v) is 7.69. The summed E-state index contributed by atoms with van der Waals surface area (Å²) in [5.74, 6) is 0.766. The van der Waals surface area contributed by atoms with E-state index >= 15 is 0 Å². The number of hydrogen-bond acceptors (Lipinski definition) is 2. The number of ether oxygens (including phenoxy) is 1. The third-order valence-electron chi connectivity index (χ3n) is 4.39. The van der Waals surface area contributed by atoms with E-state index in [9.17, 15) is 0 Å². The maximum absolute atomic E-state index is 6.23. The van der Waals surface area contributed by atoms with Gasteiger partial charge in [-0.15, -0.1) is 0 Å². The van der Waals surface area contributed by atoms with E-state index in [0.29, 0.717) is 12.1 Å². The van der Waals surface area contributed by atoms with E-state index in [4.69, 9.17) is 4.74 Å². The number of hydrogen-bond donors (Lipinski definition) is 1. The minimum absolute atomic E-state index is 0.306. The van der Waals surface area contributed by atoms with Crippen molar-refractivity contribution in [1.82, 2.24) is 5.32 Å². The van der Waals surface area contributed by atoms with E-state index in [1.54, 1.807) is 0 Å². The van der Waals surface area contributed by atoms with Crippen molar-refractivity contribution in [3.63, 3.8) is 0 Å². The lowest BCUT2D eigenvalue weighted by Crippen LogP contribution is -2.31. The minimum Gasteiger partial charge on any atom is -0.376 e. The molecule has 2 heteroatoms. The van der Waals surface area contributed by atoms with Crippen molar-refractivity contribution in [2.45, 2.75) is 51.2 Å². The number of rotatable bonds is 6. The van der Waals surface area contributed by atoms with Crippen LogP contribution >= 0.6 is 0 Å². The Bertz CT molecular complexity index is 352. The zero-order valence-corrected chi connectivity index (χ0v) is 12.3. The molecule has 2 nitrogen and oxygen atoms in total. The van der Waals surface area contributed by atoms with Gasteiger partial charge in [0.15, 0.2) is 0 Å². The standard InChI is InChI=1S/C17H27NO/c1-3-14-9-7-8-12-17(14)19-13-16(18-2)15-10-5-4-6-11-15/h4-6,10-11,14,16-18H,3,7-9,12-13H2,1-2H3. The third kappa shape index (κ3) is 4.05. The second-order valence-electron chi connectivity index (χ2n) is 5.58. The summed E-state index contributed by atoms with van der Waals surface area (Å²) < 4.78 is 6.23. The van der Waals surface area contributed by atoms with E-state index < -0.39 is 0 Å². The first-order chi connectivity index (χ1) is 9.35. The van der Waals surface area contributed by atoms with Gasteiger partial charge < -0.3 is 10.1 Å². The lowest BCUT2D eigenvalue weighted by Gasteiger charge is -2.32. The summed E-state index contributed by atoms with van der Waals surface area (Å²) in [4.78, 5) is 0. The summed E-state index contributed by atoms with van der Waals surface area (Å²) in [6.07, 6.45) is 7.02. The van der Waals surface area contributed by atoms with Gasteiger partial charge in [0.25, 0.3) is 0 Å². The van der Waals surface area contributed by atoms with Crippen molar-refractivity contribution < 1.29 is 4.74 Å². The summed E-state index contributed by atoms with van der Waals surface area (Å²) >= 11 is 0. The molecule has 0 amide bonds. The lowest BCUT2D eigenvalue weighted by atomic mass is 9.85. The molecule has 19 heavy (non-hydrogen) atoms. The molecule has 3 atom stereocenters. The predicted molar refractivity (Wildman–Crippen MR) is 80.2 cm³/mol. The molecule has 1 N–H and O–H groups in total. The van der Waals surface area contributed by atoms with Crippen LogP contribution in [0.4, 0.5) is 0 Å². The molecular formula is C17H27NO. The number of benzene rings is 1. The molecule has 1 fully saturated rings. The second-order valence-corrected chi connectivity index (χ2v) is 5.58. The zero-order chi connectivity index (χ0) is 13.5. The van der Waals surface area contributed by atoms with Crippen LogP contribution in [0.1, 0.15) is 50.6 Å². The number of nitrogens with one attached hydrogen (secondary N) is 1. The second kappa shape index (κ2) is 7.66. The molecule has 0 heterocycles. The fourth-order valence-corrected chi connectivity index (χ4v) is 3.11. The van der Waals surface area contributed by atoms with Crippen LogP contribution in [0.5, 0.6) is 0 Å². The summed E-state index contributed by atoms with van der Waals surface area (Å²) in [7, 11) is 2.01. The van der Waals surface area contributed by atoms with Crippen LogP contribution in [-0.4, -0.2) is 19.8 Å². The molecule has 106 valence electrons. The van der Waals surface area contributed by atoms with Gasteiger partial charge in [0.1, 0.15) is 0 Å². The van der Waals surface area contributed by atoms with Crippen molar-refractivity contribution in [2.24, 2.45) is 5.92 Å². The smallest absolute Gasteiger partial charge is 0.0665 e. The van der Waals surface area contributed by atoms with Crippen molar-refractivity contribution in [2.75, 3.05) is 13.7 Å². The van der Waals surface area contributed by atoms with Crippen molar-refractivity contribution in [3.05, 3.63) is 35.9 Å². The molecular weight excluding hydrogens is 234 g/mol. The Morgan fingerprint density at radius 1 is 1.21 bits per heavy atom. The van der Waals surface area contributed by atoms with Crippen LogP contribution < -0.4 is 5.32 Å². The Morgan fingerprint density at radius 3 is 2.63 bits per heavy atom. The van der Waals surface area contributed by atoms with Gasteiger partial charge in [0.05, 0.1) is 18.8 Å². The predicted octanol–water partition coefficient (Wildman–Crippen LogP) is 3.93. The molecule has 1 aliphatic rings. The highest BCUT2D eigenvalue weighted by Crippen LogP contribution is 2.29. The van der Waals surface area contributed by atoms with E-state index in [0.717, 1.165) is 12.5 Å². The van der Waals surface area contributed by atoms with E-state index in [1.807, 2.05) is 7.05 Å². The van der Waals surface area contributed by atoms with Gasteiger partial charge in [-0.25, -0.2) is 0 Å². The van der Waals surface area contributed by atoms with Crippen molar-refractivity contribution in [1.29, 1.82) is 0 Å². The molecule has 0 saturated heterocycles. The van der Waals surface area contributed by atoms with Gasteiger partial charge in [-0.2, -0.15) is 0 Å². The highest BCUT2D eigenvalue weighted by atomic mass is 16.5. The van der Waals surface area contributed by atoms with E-state index in [-0.39, 0.29) is 0 Å². The van der Waals surface area contributed by atoms with Gasteiger partial charge in [0, 0.05) is 0 Å². The van der Waals surface area contributed by atoms with Gasteiger partial charge >= 0.3 is 0 Å². The fourth-order valence-electron chi connectivity index (χ4n) is 3.11. The normalized spacial score (nSPS) is 25.2. The quantitative estimate of drug-likeness (QED) is 0.837. The molecule has 1 aromatic carbocycles. The highest BCUT2D eigenvalue weighted by Gasteiger charge is 2.25. The maximum Gasteiger partial charge on any atom is 0.0665 e. The van der Waals surface area contributed by atoms with Crippen LogP contribution in [0.3, 0.4) is 0 Å². The molecule has 1 saturated carbocycles. The number of likely N-dealkylation sites (N-methyl/N-ethyl adjacent to an activating group) is 1. The fraction of sp³-hybridized carbons (Fsp3) is 0.647. The summed E-state index contributed by atoms with van der Waals surface area (Å²) in [6.45, 7) is 3.07. The lowest BCUT2D eigenvalue weighted by molar-refractivity contribution is -0.0210. The summed E-state index contributed by atoms with van der Waals surface area (Å²) in [5.41, 5.74) is 1.31. The Hall–Kier alpha value is -0.860. The van der Waals surface area contributed by atoms with E-state index in [1.165, 1.54) is 37.7 Å². The first-order valence-electron chi connectivity index (χ1n) is 7.69. The van der Waals surface area contributed by atoms with Crippen molar-refractivity contribution >= 4 is 0 Å². The molecule has 3 unspecified atom stereocenters. The molecule has 0 radical (unpaired) electrons. The largest absolute Gasteiger partial charge is 0.376 e. The molecule has 0 spiro atoms. The van der Waals surface area contributed by atoms with Gasteiger partial charge in [-0.05, 0) is 31.4 Å². The summed E-state index contributed by atoms with van der Waals surface area (Å²) in [6, 6.07) is 10.9. The highest BCUT2D eigenvalue weighted by molar-refractivity contribution is 5.18. The first kappa shape index (κ1) is 14.5. The molecule has 2 rings (SSSR count). The third-order valence-corrected chi connectivity index (χ3v) is 4.39. The zero-order valence-electron chi connectivity index (χ0n) is 12.3. The van der Waals surface area contributed by atoms with Crippen molar-refractivity contribution in [3.8, 4) is 0 Å². The molecule has 0 bridgehead atoms. The van der Waals surface area contributed by atoms with Gasteiger partial charge in [-0.3, -0.25) is 0 Å². The molecule has 1 aromatic rings. The molecule has 0 aromatic heterocycles. The Labute approximate surface area is 117 Å². The monoisotopic (exact) mass is 261 g/mol. The van der Waals surface area contributed by atoms with Crippen LogP contribution in [0.2, 0.25) is 0 Å². The Balaban J connectivity index is 1.89. The van der Waals surface area contributed by atoms with Crippen LogP contribution in [0.15, 0.2) is 30.3 Å². The minimum atomic E-state index is 0.306. The average Bonchev–Trinajstić information content (AvgIpc) is 2.49. The Kier molecular flexibility index (Phi) is 5.87. The average molecular weight is 261 g/mol. The molecule has 1 aliphatic carbocycles. The van der Waals surface area contributed by atoms with Crippen LogP contribution in [-0.2, 0) is 4.74 Å². The topological polar surface area (TPSA) is 21.3 Å². The molecule has 0 aliphatic heterocycles.